The minimum atomic E-state index is -3.78. The van der Waals surface area contributed by atoms with Gasteiger partial charge < -0.3 is 15.0 Å². The Bertz CT molecular complexity index is 1040. The van der Waals surface area contributed by atoms with Gasteiger partial charge >= 0.3 is 0 Å². The number of likely N-dealkylation sites (N-methyl/N-ethyl adjacent to an activating group) is 1. The SMILES string of the molecule is CCNC(=O)C(C)N(Cc1cccc(Cl)c1)C(=O)CN(c1ccc(OC)cc1)S(C)(=O)=O. The van der Waals surface area contributed by atoms with Crippen molar-refractivity contribution in [2.24, 2.45) is 0 Å². The van der Waals surface area contributed by atoms with Crippen molar-refractivity contribution in [3.8, 4) is 5.75 Å². The van der Waals surface area contributed by atoms with E-state index in [9.17, 15) is 18.0 Å². The van der Waals surface area contributed by atoms with Crippen LogP contribution in [0.5, 0.6) is 5.75 Å². The van der Waals surface area contributed by atoms with Crippen molar-refractivity contribution in [3.63, 3.8) is 0 Å². The Morgan fingerprint density at radius 1 is 1.16 bits per heavy atom. The summed E-state index contributed by atoms with van der Waals surface area (Å²) in [7, 11) is -2.28. The highest BCUT2D eigenvalue weighted by Gasteiger charge is 2.29. The number of hydrogen-bond acceptors (Lipinski definition) is 5. The number of amides is 2. The molecule has 0 saturated carbocycles. The van der Waals surface area contributed by atoms with Crippen molar-refractivity contribution in [3.05, 3.63) is 59.1 Å². The maximum Gasteiger partial charge on any atom is 0.244 e. The molecule has 1 atom stereocenters. The van der Waals surface area contributed by atoms with Crippen molar-refractivity contribution in [1.29, 1.82) is 0 Å². The number of sulfonamides is 1. The van der Waals surface area contributed by atoms with Crippen LogP contribution in [0.2, 0.25) is 5.02 Å². The third-order valence-corrected chi connectivity index (χ3v) is 6.18. The molecule has 2 aromatic carbocycles. The van der Waals surface area contributed by atoms with E-state index >= 15 is 0 Å². The zero-order valence-electron chi connectivity index (χ0n) is 18.5. The highest BCUT2D eigenvalue weighted by molar-refractivity contribution is 7.92. The third-order valence-electron chi connectivity index (χ3n) is 4.80. The van der Waals surface area contributed by atoms with Crippen LogP contribution >= 0.6 is 11.6 Å². The first kappa shape index (κ1) is 25.5. The predicted molar refractivity (Wildman–Crippen MR) is 125 cm³/mol. The Balaban J connectivity index is 2.37. The van der Waals surface area contributed by atoms with Crippen molar-refractivity contribution in [2.75, 3.05) is 30.8 Å². The number of halogens is 1. The van der Waals surface area contributed by atoms with Gasteiger partial charge in [0.2, 0.25) is 21.8 Å². The minimum absolute atomic E-state index is 0.0951. The monoisotopic (exact) mass is 481 g/mol. The van der Waals surface area contributed by atoms with E-state index in [4.69, 9.17) is 16.3 Å². The molecule has 2 rings (SSSR count). The van der Waals surface area contributed by atoms with Crippen LogP contribution in [0.15, 0.2) is 48.5 Å². The van der Waals surface area contributed by atoms with E-state index in [2.05, 4.69) is 5.32 Å². The van der Waals surface area contributed by atoms with Crippen LogP contribution in [0.3, 0.4) is 0 Å². The van der Waals surface area contributed by atoms with E-state index in [-0.39, 0.29) is 12.5 Å². The number of methoxy groups -OCH3 is 1. The van der Waals surface area contributed by atoms with E-state index in [1.807, 2.05) is 0 Å². The second-order valence-corrected chi connectivity index (χ2v) is 9.53. The minimum Gasteiger partial charge on any atom is -0.497 e. The molecule has 0 aliphatic heterocycles. The van der Waals surface area contributed by atoms with Crippen molar-refractivity contribution < 1.29 is 22.7 Å². The second-order valence-electron chi connectivity index (χ2n) is 7.19. The number of anilines is 1. The average molecular weight is 482 g/mol. The number of hydrogen-bond donors (Lipinski definition) is 1. The maximum absolute atomic E-state index is 13.3. The van der Waals surface area contributed by atoms with Crippen molar-refractivity contribution >= 4 is 39.1 Å². The van der Waals surface area contributed by atoms with Crippen molar-refractivity contribution in [2.45, 2.75) is 26.4 Å². The van der Waals surface area contributed by atoms with Gasteiger partial charge in [-0.25, -0.2) is 8.42 Å². The quantitative estimate of drug-likeness (QED) is 0.562. The van der Waals surface area contributed by atoms with Gasteiger partial charge in [-0.05, 0) is 55.8 Å². The molecule has 0 bridgehead atoms. The van der Waals surface area contributed by atoms with Gasteiger partial charge in [0.15, 0.2) is 0 Å². The Kier molecular flexibility index (Phi) is 8.91. The number of nitrogens with zero attached hydrogens (tertiary/aromatic N) is 2. The Morgan fingerprint density at radius 3 is 2.34 bits per heavy atom. The zero-order chi connectivity index (χ0) is 23.9. The number of ether oxygens (including phenoxy) is 1. The van der Waals surface area contributed by atoms with Crippen LogP contribution in [0, 0.1) is 0 Å². The first-order valence-electron chi connectivity index (χ1n) is 10.00. The van der Waals surface area contributed by atoms with Crippen LogP contribution in [0.1, 0.15) is 19.4 Å². The molecule has 0 radical (unpaired) electrons. The average Bonchev–Trinajstić information content (AvgIpc) is 2.74. The van der Waals surface area contributed by atoms with Crippen molar-refractivity contribution in [1.82, 2.24) is 10.2 Å². The Morgan fingerprint density at radius 2 is 1.81 bits per heavy atom. The fourth-order valence-electron chi connectivity index (χ4n) is 3.10. The molecule has 1 N–H and O–H groups in total. The summed E-state index contributed by atoms with van der Waals surface area (Å²) in [6.45, 7) is 3.42. The van der Waals surface area contributed by atoms with Gasteiger partial charge in [0.05, 0.1) is 19.1 Å². The van der Waals surface area contributed by atoms with Gasteiger partial charge in [-0.2, -0.15) is 0 Å². The number of carbonyl (C=O) groups is 2. The molecule has 0 spiro atoms. The van der Waals surface area contributed by atoms with E-state index in [0.29, 0.717) is 23.0 Å². The summed E-state index contributed by atoms with van der Waals surface area (Å²) < 4.78 is 31.1. The molecule has 0 fully saturated rings. The molecule has 2 amide bonds. The summed E-state index contributed by atoms with van der Waals surface area (Å²) in [5.74, 6) is -0.302. The van der Waals surface area contributed by atoms with Gasteiger partial charge in [-0.1, -0.05) is 23.7 Å². The Labute approximate surface area is 194 Å². The second kappa shape index (κ2) is 11.2. The summed E-state index contributed by atoms with van der Waals surface area (Å²) in [5, 5.41) is 3.20. The van der Waals surface area contributed by atoms with Crippen LogP contribution < -0.4 is 14.4 Å². The number of carbonyl (C=O) groups excluding carboxylic acids is 2. The van der Waals surface area contributed by atoms with Gasteiger partial charge in [0, 0.05) is 18.1 Å². The van der Waals surface area contributed by atoms with E-state index in [0.717, 1.165) is 16.1 Å². The summed E-state index contributed by atoms with van der Waals surface area (Å²) in [6, 6.07) is 12.5. The van der Waals surface area contributed by atoms with Crippen LogP contribution in [-0.4, -0.2) is 57.6 Å². The molecule has 8 nitrogen and oxygen atoms in total. The molecule has 174 valence electrons. The lowest BCUT2D eigenvalue weighted by Crippen LogP contribution is -2.51. The maximum atomic E-state index is 13.3. The van der Waals surface area contributed by atoms with E-state index < -0.39 is 28.5 Å². The van der Waals surface area contributed by atoms with E-state index in [1.165, 1.54) is 12.0 Å². The lowest BCUT2D eigenvalue weighted by atomic mass is 10.1. The lowest BCUT2D eigenvalue weighted by Gasteiger charge is -2.31. The number of rotatable bonds is 10. The molecule has 0 aliphatic carbocycles. The standard InChI is InChI=1S/C22H28ClN3O5S/c1-5-24-22(28)16(2)25(14-17-7-6-8-18(23)13-17)21(27)15-26(32(4,29)30)19-9-11-20(31-3)12-10-19/h6-13,16H,5,14-15H2,1-4H3,(H,24,28). The van der Waals surface area contributed by atoms with Crippen LogP contribution in [0.25, 0.3) is 0 Å². The lowest BCUT2D eigenvalue weighted by molar-refractivity contribution is -0.139. The molecular formula is C22H28ClN3O5S. The summed E-state index contributed by atoms with van der Waals surface area (Å²) in [4.78, 5) is 27.2. The molecular weight excluding hydrogens is 454 g/mol. The summed E-state index contributed by atoms with van der Waals surface area (Å²) in [6.07, 6.45) is 1.03. The van der Waals surface area contributed by atoms with Gasteiger partial charge in [-0.15, -0.1) is 0 Å². The Hall–Kier alpha value is -2.78. The molecule has 0 aliphatic rings. The fourth-order valence-corrected chi connectivity index (χ4v) is 4.16. The molecule has 10 heteroatoms. The molecule has 0 saturated heterocycles. The normalized spacial score (nSPS) is 12.0. The fraction of sp³-hybridized carbons (Fsp3) is 0.364. The number of nitrogens with one attached hydrogen (secondary N) is 1. The topological polar surface area (TPSA) is 96.0 Å². The van der Waals surface area contributed by atoms with Gasteiger partial charge in [-0.3, -0.25) is 13.9 Å². The largest absolute Gasteiger partial charge is 0.497 e. The highest BCUT2D eigenvalue weighted by atomic mass is 35.5. The van der Waals surface area contributed by atoms with Crippen LogP contribution in [0.4, 0.5) is 5.69 Å². The predicted octanol–water partition coefficient (Wildman–Crippen LogP) is 2.67. The highest BCUT2D eigenvalue weighted by Crippen LogP contribution is 2.22. The van der Waals surface area contributed by atoms with Crippen LogP contribution in [-0.2, 0) is 26.2 Å². The van der Waals surface area contributed by atoms with Gasteiger partial charge in [0.1, 0.15) is 18.3 Å². The zero-order valence-corrected chi connectivity index (χ0v) is 20.1. The smallest absolute Gasteiger partial charge is 0.244 e. The third kappa shape index (κ3) is 6.86. The summed E-state index contributed by atoms with van der Waals surface area (Å²) in [5.41, 5.74) is 1.03. The molecule has 2 aromatic rings. The van der Waals surface area contributed by atoms with E-state index in [1.54, 1.807) is 62.4 Å². The van der Waals surface area contributed by atoms with Gasteiger partial charge in [0.25, 0.3) is 0 Å². The summed E-state index contributed by atoms with van der Waals surface area (Å²) >= 11 is 6.07. The molecule has 0 aromatic heterocycles. The molecule has 32 heavy (non-hydrogen) atoms. The first-order valence-corrected chi connectivity index (χ1v) is 12.2. The molecule has 0 heterocycles. The number of benzene rings is 2. The molecule has 1 unspecified atom stereocenters. The first-order chi connectivity index (χ1) is 15.1.